The summed E-state index contributed by atoms with van der Waals surface area (Å²) in [5.74, 6) is -5.94. The smallest absolute Gasteiger partial charge is 0.416 e. The first-order valence-corrected chi connectivity index (χ1v) is 16.5. The van der Waals surface area contributed by atoms with Crippen LogP contribution in [-0.4, -0.2) is 50.4 Å². The molecule has 2 aliphatic rings. The fourth-order valence-electron chi connectivity index (χ4n) is 6.52. The first-order chi connectivity index (χ1) is 21.7. The largest absolute Gasteiger partial charge is 0.481 e. The van der Waals surface area contributed by atoms with E-state index < -0.39 is 62.9 Å². The lowest BCUT2D eigenvalue weighted by molar-refractivity contribution is -0.148. The Kier molecular flexibility index (Phi) is 9.73. The van der Waals surface area contributed by atoms with Gasteiger partial charge < -0.3 is 15.3 Å². The Hall–Kier alpha value is -3.97. The summed E-state index contributed by atoms with van der Waals surface area (Å²) in [5.41, 5.74) is 0.151. The van der Waals surface area contributed by atoms with E-state index in [-0.39, 0.29) is 29.0 Å². The molecule has 246 valence electrons. The molecule has 3 N–H and O–H groups in total. The van der Waals surface area contributed by atoms with Gasteiger partial charge in [0, 0.05) is 5.69 Å². The zero-order chi connectivity index (χ0) is 33.2. The molecule has 0 unspecified atom stereocenters. The maximum atomic E-state index is 14.4. The normalized spacial score (nSPS) is 21.5. The lowest BCUT2D eigenvalue weighted by atomic mass is 9.69. The fourth-order valence-corrected chi connectivity index (χ4v) is 7.63. The number of aliphatic carboxylic acids is 1. The van der Waals surface area contributed by atoms with Crippen LogP contribution in [0.15, 0.2) is 71.6 Å². The number of sulfonamides is 1. The Morgan fingerprint density at radius 1 is 0.913 bits per heavy atom. The zero-order valence-electron chi connectivity index (χ0n) is 25.1. The number of carbonyl (C=O) groups is 2. The lowest BCUT2D eigenvalue weighted by Crippen LogP contribution is -2.40. The first kappa shape index (κ1) is 33.4. The summed E-state index contributed by atoms with van der Waals surface area (Å²) in [5, 5.41) is 12.4. The molecule has 1 heterocycles. The van der Waals surface area contributed by atoms with E-state index in [0.29, 0.717) is 24.5 Å². The molecule has 3 atom stereocenters. The third kappa shape index (κ3) is 7.52. The number of carboxylic acids is 1. The Morgan fingerprint density at radius 3 is 2.24 bits per heavy atom. The average molecular weight is 662 g/mol. The summed E-state index contributed by atoms with van der Waals surface area (Å²) in [7, 11) is -1.85. The van der Waals surface area contributed by atoms with Gasteiger partial charge in [0.05, 0.1) is 28.0 Å². The Labute approximate surface area is 264 Å². The minimum atomic E-state index is -4.76. The second-order valence-electron chi connectivity index (χ2n) is 12.1. The summed E-state index contributed by atoms with van der Waals surface area (Å²) in [4.78, 5) is 27.9. The van der Waals surface area contributed by atoms with E-state index in [9.17, 15) is 40.7 Å². The number of amides is 1. The molecule has 0 radical (unpaired) electrons. The molecule has 5 rings (SSSR count). The third-order valence-corrected chi connectivity index (χ3v) is 10.4. The molecular formula is C33H35F4N3O5S. The molecule has 1 saturated heterocycles. The van der Waals surface area contributed by atoms with Gasteiger partial charge in [0.2, 0.25) is 5.91 Å². The summed E-state index contributed by atoms with van der Waals surface area (Å²) >= 11 is 0. The second kappa shape index (κ2) is 13.4. The number of likely N-dealkylation sites (tertiary alicyclic amines) is 1. The van der Waals surface area contributed by atoms with Crippen molar-refractivity contribution >= 4 is 33.3 Å². The van der Waals surface area contributed by atoms with Crippen LogP contribution in [0.2, 0.25) is 0 Å². The number of piperidine rings is 1. The number of anilines is 2. The molecule has 3 aromatic carbocycles. The Morgan fingerprint density at radius 2 is 1.61 bits per heavy atom. The van der Waals surface area contributed by atoms with Gasteiger partial charge in [-0.25, -0.2) is 12.8 Å². The monoisotopic (exact) mass is 661 g/mol. The van der Waals surface area contributed by atoms with Gasteiger partial charge >= 0.3 is 12.1 Å². The van der Waals surface area contributed by atoms with Crippen molar-refractivity contribution in [3.63, 3.8) is 0 Å². The minimum absolute atomic E-state index is 0.143. The van der Waals surface area contributed by atoms with E-state index in [1.54, 1.807) is 24.3 Å². The number of alkyl halides is 3. The van der Waals surface area contributed by atoms with Crippen LogP contribution in [0.3, 0.4) is 0 Å². The van der Waals surface area contributed by atoms with Gasteiger partial charge in [-0.3, -0.25) is 14.3 Å². The molecule has 1 aliphatic heterocycles. The van der Waals surface area contributed by atoms with Crippen molar-refractivity contribution in [3.05, 3.63) is 89.2 Å². The van der Waals surface area contributed by atoms with Gasteiger partial charge in [-0.15, -0.1) is 0 Å². The average Bonchev–Trinajstić information content (AvgIpc) is 3.01. The molecule has 2 fully saturated rings. The molecule has 0 bridgehead atoms. The van der Waals surface area contributed by atoms with Crippen LogP contribution in [0.5, 0.6) is 0 Å². The molecular weight excluding hydrogens is 626 g/mol. The van der Waals surface area contributed by atoms with E-state index in [0.717, 1.165) is 37.6 Å². The number of hydrogen-bond donors (Lipinski definition) is 3. The second-order valence-corrected chi connectivity index (χ2v) is 13.7. The summed E-state index contributed by atoms with van der Waals surface area (Å²) < 4.78 is 82.2. The van der Waals surface area contributed by atoms with Crippen LogP contribution in [0.4, 0.5) is 28.9 Å². The maximum Gasteiger partial charge on any atom is 0.416 e. The van der Waals surface area contributed by atoms with Crippen molar-refractivity contribution in [2.75, 3.05) is 30.2 Å². The highest BCUT2D eigenvalue weighted by molar-refractivity contribution is 7.92. The number of hydrogen-bond acceptors (Lipinski definition) is 5. The van der Waals surface area contributed by atoms with Crippen LogP contribution < -0.4 is 10.0 Å². The van der Waals surface area contributed by atoms with E-state index in [2.05, 4.69) is 22.0 Å². The van der Waals surface area contributed by atoms with Gasteiger partial charge in [0.1, 0.15) is 5.82 Å². The van der Waals surface area contributed by atoms with Crippen molar-refractivity contribution in [2.45, 2.75) is 55.0 Å². The number of nitrogens with one attached hydrogen (secondary N) is 2. The van der Waals surface area contributed by atoms with E-state index in [1.807, 2.05) is 6.07 Å². The zero-order valence-corrected chi connectivity index (χ0v) is 25.9. The number of carboxylic acid groups (broad SMARTS) is 1. The molecule has 3 aromatic rings. The number of carbonyl (C=O) groups excluding carboxylic acids is 1. The first-order valence-electron chi connectivity index (χ1n) is 15.0. The highest BCUT2D eigenvalue weighted by Gasteiger charge is 2.43. The lowest BCUT2D eigenvalue weighted by Gasteiger charge is -2.35. The highest BCUT2D eigenvalue weighted by Crippen LogP contribution is 2.43. The fraction of sp³-hybridized carbons (Fsp3) is 0.394. The Bertz CT molecular complexity index is 1690. The van der Waals surface area contributed by atoms with Gasteiger partial charge in [-0.2, -0.15) is 13.2 Å². The van der Waals surface area contributed by atoms with E-state index >= 15 is 0 Å². The van der Waals surface area contributed by atoms with Crippen molar-refractivity contribution in [3.8, 4) is 0 Å². The number of benzene rings is 3. The van der Waals surface area contributed by atoms with Crippen LogP contribution in [0, 0.1) is 17.7 Å². The highest BCUT2D eigenvalue weighted by atomic mass is 32.2. The molecule has 46 heavy (non-hydrogen) atoms. The molecule has 13 heteroatoms. The van der Waals surface area contributed by atoms with Crippen molar-refractivity contribution in [1.29, 1.82) is 0 Å². The molecule has 0 aromatic heterocycles. The van der Waals surface area contributed by atoms with Gasteiger partial charge in [0.15, 0.2) is 0 Å². The van der Waals surface area contributed by atoms with E-state index in [4.69, 9.17) is 0 Å². The van der Waals surface area contributed by atoms with Crippen molar-refractivity contribution < 1.29 is 40.7 Å². The topological polar surface area (TPSA) is 116 Å². The molecule has 1 amide bonds. The molecule has 8 nitrogen and oxygen atoms in total. The summed E-state index contributed by atoms with van der Waals surface area (Å²) in [6, 6.07) is 14.9. The van der Waals surface area contributed by atoms with Crippen LogP contribution in [-0.2, 0) is 25.8 Å². The standard InChI is InChI=1S/C33H35F4N3O5S/c1-40-16-14-20(15-17-40)22-4-2-5-25(18-22)46(44,45)39-24-11-8-21(9-12-24)26-6-3-7-27(30(26)32(42)43)31(41)38-29-13-10-23(19-28(29)34)33(35,36)37/h2,4-5,8-13,18-20,26-27,30,39H,3,6-7,14-17H2,1H3,(H,38,41)(H,42,43)/t26-,27-,30-/m1/s1. The molecule has 1 saturated carbocycles. The van der Waals surface area contributed by atoms with Crippen LogP contribution in [0.25, 0.3) is 0 Å². The number of rotatable bonds is 8. The van der Waals surface area contributed by atoms with Crippen molar-refractivity contribution in [2.24, 2.45) is 11.8 Å². The summed E-state index contributed by atoms with van der Waals surface area (Å²) in [6.07, 6.45) is -1.77. The maximum absolute atomic E-state index is 14.4. The van der Waals surface area contributed by atoms with Gasteiger partial charge in [-0.05, 0) is 111 Å². The van der Waals surface area contributed by atoms with Crippen LogP contribution >= 0.6 is 0 Å². The molecule has 0 spiro atoms. The van der Waals surface area contributed by atoms with Crippen LogP contribution in [0.1, 0.15) is 60.6 Å². The Balaban J connectivity index is 1.29. The predicted molar refractivity (Wildman–Crippen MR) is 164 cm³/mol. The van der Waals surface area contributed by atoms with Gasteiger partial charge in [0.25, 0.3) is 10.0 Å². The van der Waals surface area contributed by atoms with E-state index in [1.165, 1.54) is 18.2 Å². The van der Waals surface area contributed by atoms with Crippen molar-refractivity contribution in [1.82, 2.24) is 4.90 Å². The van der Waals surface area contributed by atoms with Gasteiger partial charge in [-0.1, -0.05) is 30.7 Å². The SMILES string of the molecule is CN1CCC(c2cccc(S(=O)(=O)Nc3ccc([C@H]4CCC[C@@H](C(=O)Nc5ccc(C(F)(F)F)cc5F)[C@@H]4C(=O)O)cc3)c2)CC1. The number of halogens is 4. The molecule has 1 aliphatic carbocycles. The third-order valence-electron chi connectivity index (χ3n) is 9.02. The quantitative estimate of drug-likeness (QED) is 0.232. The predicted octanol–water partition coefficient (Wildman–Crippen LogP) is 6.68. The summed E-state index contributed by atoms with van der Waals surface area (Å²) in [6.45, 7) is 1.89. The number of nitrogens with zero attached hydrogens (tertiary/aromatic N) is 1. The minimum Gasteiger partial charge on any atom is -0.481 e.